The molecule has 2 heterocycles. The molecule has 0 radical (unpaired) electrons. The molecule has 252 valence electrons. The summed E-state index contributed by atoms with van der Waals surface area (Å²) in [6.45, 7) is 8.84. The number of rotatable bonds is 8. The Kier molecular flexibility index (Phi) is 9.12. The molecule has 52 heavy (non-hydrogen) atoms. The summed E-state index contributed by atoms with van der Waals surface area (Å²) in [4.78, 5) is 2.26. The zero-order valence-corrected chi connectivity index (χ0v) is 29.8. The number of hydrogen-bond donors (Lipinski definition) is 0. The van der Waals surface area contributed by atoms with Crippen LogP contribution in [0.3, 0.4) is 0 Å². The van der Waals surface area contributed by atoms with Crippen molar-refractivity contribution in [2.75, 3.05) is 4.90 Å². The fourth-order valence-electron chi connectivity index (χ4n) is 7.22. The molecule has 0 fully saturated rings. The summed E-state index contributed by atoms with van der Waals surface area (Å²) in [5.41, 5.74) is 15.2. The van der Waals surface area contributed by atoms with E-state index in [4.69, 9.17) is 0 Å². The van der Waals surface area contributed by atoms with Gasteiger partial charge in [-0.05, 0) is 113 Å². The van der Waals surface area contributed by atoms with Gasteiger partial charge in [0, 0.05) is 34.4 Å². The second-order valence-electron chi connectivity index (χ2n) is 13.5. The van der Waals surface area contributed by atoms with Crippen LogP contribution in [0.4, 0.5) is 11.4 Å². The summed E-state index contributed by atoms with van der Waals surface area (Å²) in [5, 5.41) is 2.50. The number of fused-ring (bicyclic) bond motifs is 4. The van der Waals surface area contributed by atoms with Gasteiger partial charge in [0.05, 0.1) is 16.7 Å². The van der Waals surface area contributed by atoms with Crippen molar-refractivity contribution in [3.63, 3.8) is 0 Å². The van der Waals surface area contributed by atoms with Crippen LogP contribution in [-0.2, 0) is 0 Å². The fourth-order valence-corrected chi connectivity index (χ4v) is 7.22. The zero-order chi connectivity index (χ0) is 35.4. The summed E-state index contributed by atoms with van der Waals surface area (Å²) < 4.78 is 2.30. The van der Waals surface area contributed by atoms with Gasteiger partial charge in [0.2, 0.25) is 0 Å². The highest BCUT2D eigenvalue weighted by molar-refractivity contribution is 6.10. The van der Waals surface area contributed by atoms with Crippen LogP contribution in [0.25, 0.3) is 67.0 Å². The first-order chi connectivity index (χ1) is 25.6. The van der Waals surface area contributed by atoms with Crippen LogP contribution in [0.1, 0.15) is 30.9 Å². The Morgan fingerprint density at radius 2 is 1.29 bits per heavy atom. The summed E-state index contributed by atoms with van der Waals surface area (Å²) in [6.07, 6.45) is 19.3. The van der Waals surface area contributed by atoms with Crippen molar-refractivity contribution < 1.29 is 0 Å². The highest BCUT2D eigenvalue weighted by Crippen LogP contribution is 2.39. The SMILES string of the molecule is C=C1/C=C\C=C/N(c2ccc(-c3cccc(-c4cccc(C)c4)c3)cc2)c2ccc(-c3ccc4c(c3)c3ccccc3n4C=C/C=C\CCC)cc21. The van der Waals surface area contributed by atoms with E-state index in [1.54, 1.807) is 0 Å². The molecule has 0 bridgehead atoms. The first kappa shape index (κ1) is 32.8. The van der Waals surface area contributed by atoms with Gasteiger partial charge in [-0.2, -0.15) is 0 Å². The van der Waals surface area contributed by atoms with Crippen molar-refractivity contribution in [3.8, 4) is 33.4 Å². The number of allylic oxidation sites excluding steroid dienone is 7. The highest BCUT2D eigenvalue weighted by atomic mass is 15.1. The molecule has 1 aliphatic rings. The van der Waals surface area contributed by atoms with E-state index in [1.807, 2.05) is 0 Å². The minimum absolute atomic E-state index is 0.981. The lowest BCUT2D eigenvalue weighted by Crippen LogP contribution is -2.11. The van der Waals surface area contributed by atoms with E-state index >= 15 is 0 Å². The predicted molar refractivity (Wildman–Crippen MR) is 226 cm³/mol. The molecule has 0 N–H and O–H groups in total. The van der Waals surface area contributed by atoms with Gasteiger partial charge < -0.3 is 9.47 Å². The van der Waals surface area contributed by atoms with E-state index in [0.29, 0.717) is 0 Å². The number of aromatic nitrogens is 1. The van der Waals surface area contributed by atoms with Crippen molar-refractivity contribution in [2.24, 2.45) is 0 Å². The Balaban J connectivity index is 1.13. The van der Waals surface area contributed by atoms with Gasteiger partial charge in [-0.3, -0.25) is 0 Å². The molecule has 0 amide bonds. The first-order valence-electron chi connectivity index (χ1n) is 18.2. The minimum Gasteiger partial charge on any atom is -0.317 e. The molecule has 2 heteroatoms. The van der Waals surface area contributed by atoms with Crippen LogP contribution in [0, 0.1) is 6.92 Å². The molecule has 1 aliphatic heterocycles. The van der Waals surface area contributed by atoms with Crippen molar-refractivity contribution in [3.05, 3.63) is 194 Å². The Morgan fingerprint density at radius 1 is 0.596 bits per heavy atom. The molecule has 1 aromatic heterocycles. The molecular formula is C50H42N2. The molecule has 2 nitrogen and oxygen atoms in total. The molecule has 7 aromatic rings. The van der Waals surface area contributed by atoms with Gasteiger partial charge in [-0.1, -0.05) is 135 Å². The van der Waals surface area contributed by atoms with E-state index in [0.717, 1.165) is 35.4 Å². The highest BCUT2D eigenvalue weighted by Gasteiger charge is 2.17. The average molecular weight is 671 g/mol. The topological polar surface area (TPSA) is 8.17 Å². The van der Waals surface area contributed by atoms with Crippen LogP contribution >= 0.6 is 0 Å². The molecule has 0 saturated heterocycles. The molecule has 0 atom stereocenters. The summed E-state index contributed by atoms with van der Waals surface area (Å²) in [6, 6.07) is 48.6. The molecule has 0 aliphatic carbocycles. The third kappa shape index (κ3) is 6.48. The average Bonchev–Trinajstić information content (AvgIpc) is 3.50. The smallest absolute Gasteiger partial charge is 0.0535 e. The fraction of sp³-hybridized carbons (Fsp3) is 0.0800. The van der Waals surface area contributed by atoms with E-state index in [2.05, 4.69) is 212 Å². The number of hydrogen-bond acceptors (Lipinski definition) is 1. The van der Waals surface area contributed by atoms with E-state index in [-0.39, 0.29) is 0 Å². The normalized spacial score (nSPS) is 14.3. The number of nitrogens with zero attached hydrogens (tertiary/aromatic N) is 2. The summed E-state index contributed by atoms with van der Waals surface area (Å²) >= 11 is 0. The van der Waals surface area contributed by atoms with Gasteiger partial charge in [0.1, 0.15) is 0 Å². The standard InChI is InChI=1S/C50H42N2/c1-4-5-6-7-11-31-52-48-21-9-8-20-45(48)47-35-43(25-29-50(47)52)42-24-28-49-46(34-42)37(3)16-10-12-30-51(49)44-26-22-38(23-27-44)40-18-14-19-41(33-40)39-17-13-15-36(2)32-39/h6-35H,3-5H2,1-2H3/b7-6-,16-10-,30-12-,31-11?. The molecule has 0 saturated carbocycles. The van der Waals surface area contributed by atoms with E-state index in [1.165, 1.54) is 60.8 Å². The molecule has 0 spiro atoms. The Labute approximate surface area is 307 Å². The van der Waals surface area contributed by atoms with Crippen LogP contribution in [0.15, 0.2) is 183 Å². The third-order valence-corrected chi connectivity index (χ3v) is 9.92. The second-order valence-corrected chi connectivity index (χ2v) is 13.5. The van der Waals surface area contributed by atoms with Gasteiger partial charge in [0.15, 0.2) is 0 Å². The molecule has 0 unspecified atom stereocenters. The van der Waals surface area contributed by atoms with Crippen LogP contribution < -0.4 is 4.90 Å². The summed E-state index contributed by atoms with van der Waals surface area (Å²) in [7, 11) is 0. The van der Waals surface area contributed by atoms with E-state index in [9.17, 15) is 0 Å². The quantitative estimate of drug-likeness (QED) is 0.146. The monoisotopic (exact) mass is 670 g/mol. The number of benzene rings is 6. The number of anilines is 2. The maximum absolute atomic E-state index is 4.49. The number of unbranched alkanes of at least 4 members (excludes halogenated alkanes) is 1. The molecule has 6 aromatic carbocycles. The lowest BCUT2D eigenvalue weighted by atomic mass is 9.95. The Morgan fingerprint density at radius 3 is 2.12 bits per heavy atom. The first-order valence-corrected chi connectivity index (χ1v) is 18.2. The summed E-state index contributed by atoms with van der Waals surface area (Å²) in [5.74, 6) is 0. The lowest BCUT2D eigenvalue weighted by Gasteiger charge is -2.26. The Bertz CT molecular complexity index is 2550. The van der Waals surface area contributed by atoms with Crippen LogP contribution in [0.2, 0.25) is 0 Å². The van der Waals surface area contributed by atoms with Gasteiger partial charge in [0.25, 0.3) is 0 Å². The Hall–Kier alpha value is -6.38. The molecular weight excluding hydrogens is 629 g/mol. The lowest BCUT2D eigenvalue weighted by molar-refractivity contribution is 0.959. The van der Waals surface area contributed by atoms with Crippen molar-refractivity contribution >= 4 is 45.0 Å². The van der Waals surface area contributed by atoms with Crippen LogP contribution in [-0.4, -0.2) is 4.57 Å². The van der Waals surface area contributed by atoms with Crippen molar-refractivity contribution in [1.82, 2.24) is 4.57 Å². The van der Waals surface area contributed by atoms with Gasteiger partial charge in [-0.15, -0.1) is 0 Å². The predicted octanol–water partition coefficient (Wildman–Crippen LogP) is 14.2. The number of para-hydroxylation sites is 1. The van der Waals surface area contributed by atoms with Gasteiger partial charge in [-0.25, -0.2) is 0 Å². The minimum atomic E-state index is 0.981. The third-order valence-electron chi connectivity index (χ3n) is 9.92. The largest absolute Gasteiger partial charge is 0.317 e. The number of aryl methyl sites for hydroxylation is 1. The second kappa shape index (κ2) is 14.5. The van der Waals surface area contributed by atoms with E-state index < -0.39 is 0 Å². The zero-order valence-electron chi connectivity index (χ0n) is 29.8. The van der Waals surface area contributed by atoms with Crippen molar-refractivity contribution in [2.45, 2.75) is 26.7 Å². The van der Waals surface area contributed by atoms with Gasteiger partial charge >= 0.3 is 0 Å². The maximum Gasteiger partial charge on any atom is 0.0535 e. The van der Waals surface area contributed by atoms with Crippen molar-refractivity contribution in [1.29, 1.82) is 0 Å². The molecule has 8 rings (SSSR count). The van der Waals surface area contributed by atoms with Crippen LogP contribution in [0.5, 0.6) is 0 Å². The maximum atomic E-state index is 4.49.